The second-order valence-corrected chi connectivity index (χ2v) is 1.49. The van der Waals surface area contributed by atoms with Gasteiger partial charge in [-0.05, 0) is 5.16 Å². The summed E-state index contributed by atoms with van der Waals surface area (Å²) in [6.45, 7) is 0. The fraction of sp³-hybridized carbons (Fsp3) is 0. The average molecular weight is 204 g/mol. The fourth-order valence-corrected chi connectivity index (χ4v) is 0.155. The van der Waals surface area contributed by atoms with Crippen molar-refractivity contribution >= 4 is 19.2 Å². The van der Waals surface area contributed by atoms with Gasteiger partial charge in [0, 0.05) is 0 Å². The molecule has 0 spiro atoms. The molecule has 0 rings (SSSR count). The second-order valence-electron chi connectivity index (χ2n) is 1.49. The molecule has 0 atom stereocenters. The van der Waals surface area contributed by atoms with Crippen LogP contribution in [0.4, 0.5) is 17.3 Å². The molecule has 0 aliphatic carbocycles. The van der Waals surface area contributed by atoms with Crippen LogP contribution in [0.5, 0.6) is 0 Å². The molecular weight excluding hydrogens is 197 g/mol. The van der Waals surface area contributed by atoms with Gasteiger partial charge in [0.15, 0.2) is 5.96 Å². The molecule has 13 heavy (non-hydrogen) atoms. The molecule has 0 fully saturated rings. The quantitative estimate of drug-likeness (QED) is 0.104. The Kier molecular flexibility index (Phi) is 6.31. The Morgan fingerprint density at radius 1 is 1.08 bits per heavy atom. The first-order valence-electron chi connectivity index (χ1n) is 2.61. The summed E-state index contributed by atoms with van der Waals surface area (Å²) >= 11 is 0. The predicted molar refractivity (Wildman–Crippen MR) is 39.4 cm³/mol. The van der Waals surface area contributed by atoms with Gasteiger partial charge in [0.05, 0.1) is 0 Å². The molecule has 0 aromatic rings. The van der Waals surface area contributed by atoms with Crippen molar-refractivity contribution in [3.63, 3.8) is 0 Å². The van der Waals surface area contributed by atoms with E-state index in [0.717, 1.165) is 0 Å². The molecule has 0 radical (unpaired) electrons. The van der Waals surface area contributed by atoms with Gasteiger partial charge in [-0.1, -0.05) is 0 Å². The van der Waals surface area contributed by atoms with Gasteiger partial charge in [0.25, 0.3) is 5.96 Å². The number of guanidine groups is 2. The van der Waals surface area contributed by atoms with Gasteiger partial charge in [-0.3, -0.25) is 0 Å². The maximum Gasteiger partial charge on any atom is 0.673 e. The highest BCUT2D eigenvalue weighted by molar-refractivity contribution is 6.50. The van der Waals surface area contributed by atoms with E-state index in [4.69, 9.17) is 22.4 Å². The van der Waals surface area contributed by atoms with Crippen molar-refractivity contribution < 1.29 is 22.5 Å². The number of rotatable bonds is 0. The first-order chi connectivity index (χ1) is 5.66. The summed E-state index contributed by atoms with van der Waals surface area (Å²) < 4.78 is 39.0. The van der Waals surface area contributed by atoms with Crippen molar-refractivity contribution in [3.05, 3.63) is 0 Å². The van der Waals surface area contributed by atoms with Gasteiger partial charge in [-0.25, -0.2) is 0 Å². The van der Waals surface area contributed by atoms with Crippen molar-refractivity contribution in [2.24, 2.45) is 27.3 Å². The Bertz CT molecular complexity index is 191. The molecule has 0 aromatic heterocycles. The minimum atomic E-state index is -6.00. The molecule has 0 heterocycles. The lowest BCUT2D eigenvalue weighted by Gasteiger charge is -1.94. The van der Waals surface area contributed by atoms with Crippen molar-refractivity contribution in [1.82, 2.24) is 0 Å². The van der Waals surface area contributed by atoms with E-state index in [9.17, 15) is 17.3 Å². The van der Waals surface area contributed by atoms with Crippen LogP contribution in [-0.2, 0) is 0 Å². The lowest BCUT2D eigenvalue weighted by Crippen LogP contribution is -2.26. The standard InChI is InChI=1S/C2H7N5O.BF4/c3-1(4)6-2(5)7-8;2-1(3,4)5/h8H,(H6,3,4,5,6,7);/q;-1. The summed E-state index contributed by atoms with van der Waals surface area (Å²) in [6.07, 6.45) is 0. The summed E-state index contributed by atoms with van der Waals surface area (Å²) in [5.74, 6) is -0.592. The summed E-state index contributed by atoms with van der Waals surface area (Å²) in [5, 5.41) is 10.3. The van der Waals surface area contributed by atoms with Gasteiger partial charge >= 0.3 is 7.25 Å². The summed E-state index contributed by atoms with van der Waals surface area (Å²) in [5.41, 5.74) is 14.5. The van der Waals surface area contributed by atoms with E-state index in [1.807, 2.05) is 0 Å². The minimum Gasteiger partial charge on any atom is -0.418 e. The van der Waals surface area contributed by atoms with E-state index < -0.39 is 7.25 Å². The van der Waals surface area contributed by atoms with E-state index >= 15 is 0 Å². The number of hydrogen-bond donors (Lipinski definition) is 4. The van der Waals surface area contributed by atoms with Crippen LogP contribution in [0.2, 0.25) is 0 Å². The average Bonchev–Trinajstić information content (AvgIpc) is 1.82. The third-order valence-corrected chi connectivity index (χ3v) is 0.346. The predicted octanol–water partition coefficient (Wildman–Crippen LogP) is -0.736. The molecule has 6 nitrogen and oxygen atoms in total. The van der Waals surface area contributed by atoms with Crippen molar-refractivity contribution in [2.75, 3.05) is 0 Å². The molecule has 78 valence electrons. The van der Waals surface area contributed by atoms with E-state index in [1.165, 1.54) is 0 Å². The molecule has 0 bridgehead atoms. The normalized spacial score (nSPS) is 11.2. The minimum absolute atomic E-state index is 0.236. The smallest absolute Gasteiger partial charge is 0.418 e. The largest absolute Gasteiger partial charge is 0.673 e. The third kappa shape index (κ3) is 38.3. The molecule has 0 aliphatic rings. The van der Waals surface area contributed by atoms with Crippen LogP contribution in [0.15, 0.2) is 10.1 Å². The molecule has 11 heteroatoms. The Hall–Kier alpha value is -1.68. The number of aliphatic imine (C=N–C) groups is 1. The first-order valence-corrected chi connectivity index (χ1v) is 2.61. The van der Waals surface area contributed by atoms with Crippen molar-refractivity contribution in [3.8, 4) is 0 Å². The second kappa shape index (κ2) is 5.91. The van der Waals surface area contributed by atoms with Crippen LogP contribution >= 0.6 is 0 Å². The molecule has 0 aromatic carbocycles. The third-order valence-electron chi connectivity index (χ3n) is 0.346. The summed E-state index contributed by atoms with van der Waals surface area (Å²) in [6, 6.07) is 0. The molecule has 0 saturated carbocycles. The van der Waals surface area contributed by atoms with Gasteiger partial charge < -0.3 is 39.7 Å². The van der Waals surface area contributed by atoms with Gasteiger partial charge in [0.2, 0.25) is 0 Å². The molecular formula is C2H7BF4N5O-. The lowest BCUT2D eigenvalue weighted by atomic mass is 10.3. The number of nitrogens with zero attached hydrogens (tertiary/aromatic N) is 2. The number of oxime groups is 1. The molecule has 0 aliphatic heterocycles. The Labute approximate surface area is 70.2 Å². The highest BCUT2D eigenvalue weighted by Gasteiger charge is 2.20. The Morgan fingerprint density at radius 3 is 1.46 bits per heavy atom. The molecule has 0 saturated heterocycles. The topological polar surface area (TPSA) is 123 Å². The van der Waals surface area contributed by atoms with Crippen molar-refractivity contribution in [1.29, 1.82) is 0 Å². The SMILES string of the molecule is F[B-](F)(F)F.NC(N)=NC(N)=NO. The van der Waals surface area contributed by atoms with Crippen molar-refractivity contribution in [2.45, 2.75) is 0 Å². The zero-order valence-electron chi connectivity index (χ0n) is 6.16. The Morgan fingerprint density at radius 2 is 1.38 bits per heavy atom. The zero-order chi connectivity index (χ0) is 11.1. The van der Waals surface area contributed by atoms with Crippen LogP contribution in [-0.4, -0.2) is 24.4 Å². The van der Waals surface area contributed by atoms with Crippen LogP contribution in [0, 0.1) is 0 Å². The maximum absolute atomic E-state index is 9.75. The van der Waals surface area contributed by atoms with Crippen LogP contribution in [0.1, 0.15) is 0 Å². The molecule has 0 amide bonds. The van der Waals surface area contributed by atoms with E-state index in [2.05, 4.69) is 10.1 Å². The lowest BCUT2D eigenvalue weighted by molar-refractivity contribution is 0.317. The number of nitrogens with two attached hydrogens (primary N) is 3. The van der Waals surface area contributed by atoms with E-state index in [-0.39, 0.29) is 11.9 Å². The van der Waals surface area contributed by atoms with Gasteiger partial charge in [0.1, 0.15) is 0 Å². The van der Waals surface area contributed by atoms with E-state index in [1.54, 1.807) is 0 Å². The Balaban J connectivity index is 0. The van der Waals surface area contributed by atoms with Crippen LogP contribution < -0.4 is 17.2 Å². The first kappa shape index (κ1) is 13.9. The maximum atomic E-state index is 9.75. The van der Waals surface area contributed by atoms with E-state index in [0.29, 0.717) is 0 Å². The van der Waals surface area contributed by atoms with Crippen LogP contribution in [0.25, 0.3) is 0 Å². The van der Waals surface area contributed by atoms with Crippen LogP contribution in [0.3, 0.4) is 0 Å². The summed E-state index contributed by atoms with van der Waals surface area (Å²) in [4.78, 5) is 3.15. The number of hydrogen-bond acceptors (Lipinski definition) is 2. The fourth-order valence-electron chi connectivity index (χ4n) is 0.155. The summed E-state index contributed by atoms with van der Waals surface area (Å²) in [7, 11) is -6.00. The molecule has 7 N–H and O–H groups in total. The molecule has 0 unspecified atom stereocenters. The number of halogens is 4. The van der Waals surface area contributed by atoms with Gasteiger partial charge in [-0.2, -0.15) is 4.99 Å². The monoisotopic (exact) mass is 204 g/mol. The van der Waals surface area contributed by atoms with Gasteiger partial charge in [-0.15, -0.1) is 0 Å². The zero-order valence-corrected chi connectivity index (χ0v) is 6.16. The highest BCUT2D eigenvalue weighted by Crippen LogP contribution is 2.06. The highest BCUT2D eigenvalue weighted by atomic mass is 19.5.